The molecule has 0 saturated carbocycles. The molecule has 1 aliphatic rings. The zero-order valence-electron chi connectivity index (χ0n) is 16.9. The van der Waals surface area contributed by atoms with Gasteiger partial charge in [-0.25, -0.2) is 4.79 Å². The SMILES string of the molecule is CCCCO[C@H]1C(CO)O[C@H](Sc2ccccc2)[C@@H](O)C1OC(=O)c1ccccc1. The van der Waals surface area contributed by atoms with Crippen LogP contribution in [0, 0.1) is 0 Å². The molecule has 7 heteroatoms. The maximum absolute atomic E-state index is 12.7. The average molecular weight is 433 g/mol. The van der Waals surface area contributed by atoms with E-state index in [0.717, 1.165) is 17.7 Å². The molecule has 2 unspecified atom stereocenters. The van der Waals surface area contributed by atoms with E-state index in [1.54, 1.807) is 24.3 Å². The maximum atomic E-state index is 12.7. The largest absolute Gasteiger partial charge is 0.453 e. The van der Waals surface area contributed by atoms with Gasteiger partial charge < -0.3 is 24.4 Å². The molecule has 30 heavy (non-hydrogen) atoms. The quantitative estimate of drug-likeness (QED) is 0.465. The van der Waals surface area contributed by atoms with Gasteiger partial charge in [0.2, 0.25) is 0 Å². The van der Waals surface area contributed by atoms with Crippen molar-refractivity contribution in [1.82, 2.24) is 0 Å². The lowest BCUT2D eigenvalue weighted by Gasteiger charge is -2.43. The highest BCUT2D eigenvalue weighted by Crippen LogP contribution is 2.35. The van der Waals surface area contributed by atoms with Crippen LogP contribution in [0.5, 0.6) is 0 Å². The molecule has 0 radical (unpaired) electrons. The summed E-state index contributed by atoms with van der Waals surface area (Å²) in [5.74, 6) is -0.550. The van der Waals surface area contributed by atoms with Gasteiger partial charge in [0.05, 0.1) is 12.2 Å². The van der Waals surface area contributed by atoms with E-state index >= 15 is 0 Å². The van der Waals surface area contributed by atoms with Crippen LogP contribution in [0.15, 0.2) is 65.6 Å². The molecule has 6 nitrogen and oxygen atoms in total. The van der Waals surface area contributed by atoms with Gasteiger partial charge in [0.1, 0.15) is 23.7 Å². The van der Waals surface area contributed by atoms with Crippen molar-refractivity contribution in [1.29, 1.82) is 0 Å². The third-order valence-electron chi connectivity index (χ3n) is 4.85. The Bertz CT molecular complexity index is 772. The Morgan fingerprint density at radius 1 is 1.07 bits per heavy atom. The number of hydrogen-bond acceptors (Lipinski definition) is 7. The number of esters is 1. The minimum atomic E-state index is -1.13. The fraction of sp³-hybridized carbons (Fsp3) is 0.435. The van der Waals surface area contributed by atoms with Crippen LogP contribution in [-0.2, 0) is 14.2 Å². The van der Waals surface area contributed by atoms with Crippen LogP contribution in [-0.4, -0.2) is 59.2 Å². The minimum Gasteiger partial charge on any atom is -0.453 e. The van der Waals surface area contributed by atoms with Gasteiger partial charge in [-0.3, -0.25) is 0 Å². The summed E-state index contributed by atoms with van der Waals surface area (Å²) >= 11 is 1.32. The van der Waals surface area contributed by atoms with Crippen molar-refractivity contribution in [2.24, 2.45) is 0 Å². The molecule has 3 rings (SSSR count). The van der Waals surface area contributed by atoms with Gasteiger partial charge in [0.25, 0.3) is 0 Å². The second-order valence-electron chi connectivity index (χ2n) is 7.07. The van der Waals surface area contributed by atoms with Crippen LogP contribution in [0.1, 0.15) is 30.1 Å². The molecule has 1 fully saturated rings. The second kappa shape index (κ2) is 11.5. The number of hydrogen-bond donors (Lipinski definition) is 2. The molecule has 0 amide bonds. The summed E-state index contributed by atoms with van der Waals surface area (Å²) in [6.07, 6.45) is -1.84. The van der Waals surface area contributed by atoms with E-state index in [0.29, 0.717) is 12.2 Å². The summed E-state index contributed by atoms with van der Waals surface area (Å²) in [6, 6.07) is 18.1. The number of ether oxygens (including phenoxy) is 3. The predicted molar refractivity (Wildman–Crippen MR) is 114 cm³/mol. The minimum absolute atomic E-state index is 0.311. The molecule has 2 N–H and O–H groups in total. The lowest BCUT2D eigenvalue weighted by atomic mass is 9.99. The van der Waals surface area contributed by atoms with Crippen LogP contribution in [0.25, 0.3) is 0 Å². The van der Waals surface area contributed by atoms with Crippen molar-refractivity contribution in [2.75, 3.05) is 13.2 Å². The monoisotopic (exact) mass is 432 g/mol. The Hall–Kier alpha value is -1.90. The molecule has 2 aromatic carbocycles. The summed E-state index contributed by atoms with van der Waals surface area (Å²) in [7, 11) is 0. The van der Waals surface area contributed by atoms with Crippen LogP contribution in [0.2, 0.25) is 0 Å². The average Bonchev–Trinajstić information content (AvgIpc) is 2.79. The number of unbranched alkanes of at least 4 members (excludes halogenated alkanes) is 1. The molecule has 0 aliphatic carbocycles. The van der Waals surface area contributed by atoms with Gasteiger partial charge in [0, 0.05) is 11.5 Å². The number of benzene rings is 2. The van der Waals surface area contributed by atoms with E-state index < -0.39 is 35.8 Å². The smallest absolute Gasteiger partial charge is 0.338 e. The van der Waals surface area contributed by atoms with Gasteiger partial charge in [-0.1, -0.05) is 61.5 Å². The van der Waals surface area contributed by atoms with Crippen molar-refractivity contribution in [3.63, 3.8) is 0 Å². The molecule has 1 aliphatic heterocycles. The Morgan fingerprint density at radius 2 is 1.73 bits per heavy atom. The number of carbonyl (C=O) groups excluding carboxylic acids is 1. The van der Waals surface area contributed by atoms with Crippen molar-refractivity contribution in [3.8, 4) is 0 Å². The van der Waals surface area contributed by atoms with E-state index in [-0.39, 0.29) is 6.61 Å². The standard InChI is InChI=1S/C23H28O6S/c1-2-3-14-27-20-18(15-24)28-23(30-17-12-8-5-9-13-17)19(25)21(20)29-22(26)16-10-6-4-7-11-16/h4-13,18-21,23-25H,2-3,14-15H2,1H3/t18?,19-,20-,21?,23+/m0/s1. The first kappa shape index (κ1) is 22.8. The number of rotatable bonds is 9. The van der Waals surface area contributed by atoms with E-state index in [1.165, 1.54) is 11.8 Å². The van der Waals surface area contributed by atoms with Gasteiger partial charge in [-0.15, -0.1) is 0 Å². The summed E-state index contributed by atoms with van der Waals surface area (Å²) in [4.78, 5) is 13.6. The molecule has 0 bridgehead atoms. The number of aliphatic hydroxyl groups is 2. The molecule has 5 atom stereocenters. The fourth-order valence-electron chi connectivity index (χ4n) is 3.24. The molecule has 2 aromatic rings. The molecular weight excluding hydrogens is 404 g/mol. The Balaban J connectivity index is 1.81. The van der Waals surface area contributed by atoms with E-state index in [4.69, 9.17) is 14.2 Å². The van der Waals surface area contributed by atoms with Crippen molar-refractivity contribution in [2.45, 2.75) is 54.5 Å². The third kappa shape index (κ3) is 5.83. The number of aliphatic hydroxyl groups excluding tert-OH is 2. The Labute approximate surface area is 181 Å². The van der Waals surface area contributed by atoms with Gasteiger partial charge in [0.15, 0.2) is 6.10 Å². The fourth-order valence-corrected chi connectivity index (χ4v) is 4.31. The highest BCUT2D eigenvalue weighted by atomic mass is 32.2. The lowest BCUT2D eigenvalue weighted by molar-refractivity contribution is -0.221. The summed E-state index contributed by atoms with van der Waals surface area (Å²) in [5.41, 5.74) is -0.333. The van der Waals surface area contributed by atoms with E-state index in [1.807, 2.05) is 43.3 Å². The van der Waals surface area contributed by atoms with Crippen molar-refractivity contribution in [3.05, 3.63) is 66.2 Å². The second-order valence-corrected chi connectivity index (χ2v) is 8.24. The Kier molecular flexibility index (Phi) is 8.72. The first-order chi connectivity index (χ1) is 14.6. The molecule has 162 valence electrons. The normalized spacial score (nSPS) is 26.3. The molecular formula is C23H28O6S. The van der Waals surface area contributed by atoms with Crippen molar-refractivity contribution >= 4 is 17.7 Å². The van der Waals surface area contributed by atoms with E-state index in [2.05, 4.69) is 0 Å². The first-order valence-corrected chi connectivity index (χ1v) is 11.1. The summed E-state index contributed by atoms with van der Waals surface area (Å²) in [5, 5.41) is 21.0. The molecule has 0 spiro atoms. The van der Waals surface area contributed by atoms with Crippen molar-refractivity contribution < 1.29 is 29.2 Å². The van der Waals surface area contributed by atoms with Crippen LogP contribution < -0.4 is 0 Å². The highest BCUT2D eigenvalue weighted by molar-refractivity contribution is 7.99. The van der Waals surface area contributed by atoms with Crippen LogP contribution in [0.3, 0.4) is 0 Å². The molecule has 1 heterocycles. The van der Waals surface area contributed by atoms with Crippen LogP contribution in [0.4, 0.5) is 0 Å². The Morgan fingerprint density at radius 3 is 2.37 bits per heavy atom. The highest BCUT2D eigenvalue weighted by Gasteiger charge is 2.48. The molecule has 1 saturated heterocycles. The van der Waals surface area contributed by atoms with E-state index in [9.17, 15) is 15.0 Å². The van der Waals surface area contributed by atoms with Gasteiger partial charge in [-0.2, -0.15) is 0 Å². The number of thioether (sulfide) groups is 1. The van der Waals surface area contributed by atoms with Gasteiger partial charge in [-0.05, 0) is 30.7 Å². The first-order valence-electron chi connectivity index (χ1n) is 10.2. The zero-order valence-corrected chi connectivity index (χ0v) is 17.7. The number of carbonyl (C=O) groups is 1. The molecule has 0 aromatic heterocycles. The van der Waals surface area contributed by atoms with Gasteiger partial charge >= 0.3 is 5.97 Å². The topological polar surface area (TPSA) is 85.2 Å². The summed E-state index contributed by atoms with van der Waals surface area (Å²) in [6.45, 7) is 2.15. The zero-order chi connectivity index (χ0) is 21.3. The predicted octanol–water partition coefficient (Wildman–Crippen LogP) is 3.27. The summed E-state index contributed by atoms with van der Waals surface area (Å²) < 4.78 is 17.6. The maximum Gasteiger partial charge on any atom is 0.338 e. The van der Waals surface area contributed by atoms with Crippen LogP contribution >= 0.6 is 11.8 Å². The third-order valence-corrected chi connectivity index (χ3v) is 6.02. The lowest BCUT2D eigenvalue weighted by Crippen LogP contribution is -2.60.